The summed E-state index contributed by atoms with van der Waals surface area (Å²) in [4.78, 5) is 14.2. The van der Waals surface area contributed by atoms with Crippen molar-refractivity contribution < 1.29 is 9.90 Å². The number of carbonyl (C=O) groups is 1. The third kappa shape index (κ3) is 5.91. The SMILES string of the molecule is CCC(CC)N(CCO)CC(=O)NC1CCCCC1. The molecule has 0 aliphatic heterocycles. The molecule has 1 fully saturated rings. The molecule has 0 radical (unpaired) electrons. The third-order valence-electron chi connectivity index (χ3n) is 4.16. The van der Waals surface area contributed by atoms with E-state index in [0.29, 0.717) is 25.2 Å². The highest BCUT2D eigenvalue weighted by molar-refractivity contribution is 5.78. The molecule has 1 aliphatic carbocycles. The maximum absolute atomic E-state index is 12.1. The second-order valence-electron chi connectivity index (χ2n) is 5.57. The van der Waals surface area contributed by atoms with Gasteiger partial charge in [-0.05, 0) is 25.7 Å². The van der Waals surface area contributed by atoms with E-state index in [0.717, 1.165) is 25.7 Å². The summed E-state index contributed by atoms with van der Waals surface area (Å²) in [6.07, 6.45) is 8.06. The van der Waals surface area contributed by atoms with Crippen molar-refractivity contribution in [1.29, 1.82) is 0 Å². The molecule has 1 rings (SSSR count). The summed E-state index contributed by atoms with van der Waals surface area (Å²) < 4.78 is 0. The van der Waals surface area contributed by atoms with Gasteiger partial charge in [-0.1, -0.05) is 33.1 Å². The van der Waals surface area contributed by atoms with Crippen LogP contribution in [0.4, 0.5) is 0 Å². The Hall–Kier alpha value is -0.610. The molecule has 0 heterocycles. The number of nitrogens with one attached hydrogen (secondary N) is 1. The molecule has 0 aromatic heterocycles. The van der Waals surface area contributed by atoms with Gasteiger partial charge in [0.2, 0.25) is 5.91 Å². The molecule has 19 heavy (non-hydrogen) atoms. The molecule has 1 amide bonds. The van der Waals surface area contributed by atoms with Gasteiger partial charge in [0.25, 0.3) is 0 Å². The van der Waals surface area contributed by atoms with E-state index in [4.69, 9.17) is 5.11 Å². The molecule has 0 atom stereocenters. The Morgan fingerprint density at radius 3 is 2.42 bits per heavy atom. The lowest BCUT2D eigenvalue weighted by Crippen LogP contribution is -2.46. The number of carbonyl (C=O) groups excluding carboxylic acids is 1. The Bertz CT molecular complexity index is 249. The fourth-order valence-corrected chi connectivity index (χ4v) is 3.03. The Morgan fingerprint density at radius 2 is 1.89 bits per heavy atom. The number of rotatable bonds is 8. The molecule has 0 spiro atoms. The van der Waals surface area contributed by atoms with Gasteiger partial charge in [-0.2, -0.15) is 0 Å². The monoisotopic (exact) mass is 270 g/mol. The number of hydrogen-bond donors (Lipinski definition) is 2. The zero-order valence-corrected chi connectivity index (χ0v) is 12.5. The number of amides is 1. The van der Waals surface area contributed by atoms with Crippen molar-refractivity contribution in [1.82, 2.24) is 10.2 Å². The fourth-order valence-electron chi connectivity index (χ4n) is 3.03. The molecule has 1 aliphatic rings. The summed E-state index contributed by atoms with van der Waals surface area (Å²) in [5, 5.41) is 12.3. The van der Waals surface area contributed by atoms with Gasteiger partial charge in [0, 0.05) is 18.6 Å². The first kappa shape index (κ1) is 16.4. The predicted octanol–water partition coefficient (Wildman–Crippen LogP) is 1.92. The average molecular weight is 270 g/mol. The van der Waals surface area contributed by atoms with Crippen molar-refractivity contribution in [3.8, 4) is 0 Å². The normalized spacial score (nSPS) is 17.1. The van der Waals surface area contributed by atoms with E-state index in [1.165, 1.54) is 19.3 Å². The van der Waals surface area contributed by atoms with E-state index in [2.05, 4.69) is 24.1 Å². The van der Waals surface area contributed by atoms with E-state index in [9.17, 15) is 4.79 Å². The summed E-state index contributed by atoms with van der Waals surface area (Å²) in [6, 6.07) is 0.767. The van der Waals surface area contributed by atoms with Crippen LogP contribution in [0.25, 0.3) is 0 Å². The number of aliphatic hydroxyl groups is 1. The van der Waals surface area contributed by atoms with Crippen LogP contribution in [0, 0.1) is 0 Å². The van der Waals surface area contributed by atoms with Crippen LogP contribution < -0.4 is 5.32 Å². The van der Waals surface area contributed by atoms with Crippen LogP contribution in [0.3, 0.4) is 0 Å². The van der Waals surface area contributed by atoms with Crippen molar-refractivity contribution in [3.05, 3.63) is 0 Å². The Balaban J connectivity index is 2.40. The highest BCUT2D eigenvalue weighted by Gasteiger charge is 2.20. The lowest BCUT2D eigenvalue weighted by Gasteiger charge is -2.30. The van der Waals surface area contributed by atoms with E-state index in [1.54, 1.807) is 0 Å². The summed E-state index contributed by atoms with van der Waals surface area (Å²) in [5.41, 5.74) is 0. The standard InChI is InChI=1S/C15H30N2O2/c1-3-14(4-2)17(10-11-18)12-15(19)16-13-8-6-5-7-9-13/h13-14,18H,3-12H2,1-2H3,(H,16,19). The first-order valence-electron chi connectivity index (χ1n) is 7.85. The third-order valence-corrected chi connectivity index (χ3v) is 4.16. The summed E-state index contributed by atoms with van der Waals surface area (Å²) in [7, 11) is 0. The van der Waals surface area contributed by atoms with Crippen LogP contribution in [0.2, 0.25) is 0 Å². The maximum Gasteiger partial charge on any atom is 0.234 e. The van der Waals surface area contributed by atoms with Crippen LogP contribution in [0.15, 0.2) is 0 Å². The average Bonchev–Trinajstić information content (AvgIpc) is 2.41. The molecule has 0 unspecified atom stereocenters. The molecule has 1 saturated carbocycles. The van der Waals surface area contributed by atoms with Crippen molar-refractivity contribution in [2.45, 2.75) is 70.9 Å². The van der Waals surface area contributed by atoms with Gasteiger partial charge in [-0.3, -0.25) is 9.69 Å². The molecule has 4 heteroatoms. The van der Waals surface area contributed by atoms with Gasteiger partial charge >= 0.3 is 0 Å². The van der Waals surface area contributed by atoms with Crippen LogP contribution in [-0.2, 0) is 4.79 Å². The maximum atomic E-state index is 12.1. The molecular weight excluding hydrogens is 240 g/mol. The second-order valence-corrected chi connectivity index (χ2v) is 5.57. The topological polar surface area (TPSA) is 52.6 Å². The lowest BCUT2D eigenvalue weighted by atomic mass is 9.95. The van der Waals surface area contributed by atoms with Crippen molar-refractivity contribution in [3.63, 3.8) is 0 Å². The summed E-state index contributed by atoms with van der Waals surface area (Å²) in [6.45, 7) is 5.40. The molecule has 112 valence electrons. The number of aliphatic hydroxyl groups excluding tert-OH is 1. The van der Waals surface area contributed by atoms with E-state index < -0.39 is 0 Å². The first-order chi connectivity index (χ1) is 9.21. The van der Waals surface area contributed by atoms with Gasteiger partial charge in [-0.15, -0.1) is 0 Å². The highest BCUT2D eigenvalue weighted by atomic mass is 16.3. The van der Waals surface area contributed by atoms with Crippen LogP contribution in [0.1, 0.15) is 58.8 Å². The van der Waals surface area contributed by atoms with Crippen molar-refractivity contribution in [2.24, 2.45) is 0 Å². The Labute approximate surface area is 117 Å². The van der Waals surface area contributed by atoms with Gasteiger partial charge in [-0.25, -0.2) is 0 Å². The minimum atomic E-state index is 0.118. The van der Waals surface area contributed by atoms with Crippen LogP contribution in [0.5, 0.6) is 0 Å². The molecule has 4 nitrogen and oxygen atoms in total. The second kappa shape index (κ2) is 9.32. The van der Waals surface area contributed by atoms with Crippen molar-refractivity contribution in [2.75, 3.05) is 19.7 Å². The first-order valence-corrected chi connectivity index (χ1v) is 7.85. The Morgan fingerprint density at radius 1 is 1.26 bits per heavy atom. The molecule has 0 saturated heterocycles. The van der Waals surface area contributed by atoms with E-state index in [1.807, 2.05) is 0 Å². The fraction of sp³-hybridized carbons (Fsp3) is 0.933. The summed E-state index contributed by atoms with van der Waals surface area (Å²) >= 11 is 0. The number of nitrogens with zero attached hydrogens (tertiary/aromatic N) is 1. The summed E-state index contributed by atoms with van der Waals surface area (Å²) in [5.74, 6) is 0.118. The molecule has 0 aromatic carbocycles. The zero-order valence-electron chi connectivity index (χ0n) is 12.5. The van der Waals surface area contributed by atoms with Gasteiger partial charge in [0.05, 0.1) is 13.2 Å². The molecule has 0 aromatic rings. The minimum absolute atomic E-state index is 0.118. The lowest BCUT2D eigenvalue weighted by molar-refractivity contribution is -0.123. The van der Waals surface area contributed by atoms with Gasteiger partial charge in [0.1, 0.15) is 0 Å². The minimum Gasteiger partial charge on any atom is -0.395 e. The highest BCUT2D eigenvalue weighted by Crippen LogP contribution is 2.17. The van der Waals surface area contributed by atoms with Crippen LogP contribution in [-0.4, -0.2) is 47.7 Å². The molecule has 2 N–H and O–H groups in total. The van der Waals surface area contributed by atoms with E-state index in [-0.39, 0.29) is 12.5 Å². The number of hydrogen-bond acceptors (Lipinski definition) is 3. The largest absolute Gasteiger partial charge is 0.395 e. The van der Waals surface area contributed by atoms with Gasteiger partial charge < -0.3 is 10.4 Å². The zero-order chi connectivity index (χ0) is 14.1. The molecule has 0 bridgehead atoms. The smallest absolute Gasteiger partial charge is 0.234 e. The van der Waals surface area contributed by atoms with Gasteiger partial charge in [0.15, 0.2) is 0 Å². The Kier molecular flexibility index (Phi) is 8.07. The predicted molar refractivity (Wildman–Crippen MR) is 78.0 cm³/mol. The van der Waals surface area contributed by atoms with Crippen molar-refractivity contribution >= 4 is 5.91 Å². The van der Waals surface area contributed by atoms with E-state index >= 15 is 0 Å². The van der Waals surface area contributed by atoms with Crippen LogP contribution >= 0.6 is 0 Å². The molecular formula is C15H30N2O2. The quantitative estimate of drug-likeness (QED) is 0.708.